The van der Waals surface area contributed by atoms with Crippen LogP contribution in [0.25, 0.3) is 0 Å². The van der Waals surface area contributed by atoms with Gasteiger partial charge in [-0.1, -0.05) is 53.9 Å². The quantitative estimate of drug-likeness (QED) is 0.347. The summed E-state index contributed by atoms with van der Waals surface area (Å²) in [6, 6.07) is 9.11. The summed E-state index contributed by atoms with van der Waals surface area (Å²) in [4.78, 5) is 10.6. The molecule has 0 aliphatic heterocycles. The Hall–Kier alpha value is -0.631. The van der Waals surface area contributed by atoms with Gasteiger partial charge in [-0.3, -0.25) is 0 Å². The van der Waals surface area contributed by atoms with Crippen molar-refractivity contribution in [1.82, 2.24) is 0 Å². The standard InChI is InChI=1S/C27H48O.C7H6OSe/c1-18(2)7-6-8-19(3)23-11-12-24-22-10-9-20-17-21(28)13-15-26(20,4)25(22)14-16-27(23,24)5;8-7(9)6-4-2-1-3-5-6/h18-25,28H,6-17H2,1-5H3;1-5H,(H,8,9)/p-1/t19-,20+,21+,22+,23-,24+,25+,26+,27-;/m1./s1. The Labute approximate surface area is 236 Å². The summed E-state index contributed by atoms with van der Waals surface area (Å²) in [5.41, 5.74) is 1.87. The van der Waals surface area contributed by atoms with Crippen LogP contribution in [0.3, 0.4) is 0 Å². The molecule has 0 amide bonds. The topological polar surface area (TPSA) is 37.3 Å². The molecule has 0 saturated heterocycles. The number of hydrogen-bond donors (Lipinski definition) is 1. The van der Waals surface area contributed by atoms with Crippen molar-refractivity contribution < 1.29 is 9.90 Å². The monoisotopic (exact) mass is 573 g/mol. The zero-order valence-electron chi connectivity index (χ0n) is 24.3. The van der Waals surface area contributed by atoms with Crippen LogP contribution < -0.4 is 0 Å². The van der Waals surface area contributed by atoms with Crippen LogP contribution in [-0.2, 0) is 0 Å². The summed E-state index contributed by atoms with van der Waals surface area (Å²) in [6.07, 6.45) is 16.6. The van der Waals surface area contributed by atoms with Gasteiger partial charge in [0.05, 0.1) is 6.10 Å². The fraction of sp³-hybridized carbons (Fsp3) is 0.794. The second-order valence-electron chi connectivity index (χ2n) is 14.3. The molecule has 3 heteroatoms. The average Bonchev–Trinajstić information content (AvgIpc) is 3.22. The van der Waals surface area contributed by atoms with E-state index in [0.717, 1.165) is 59.8 Å². The van der Waals surface area contributed by atoms with Crippen LogP contribution in [0.5, 0.6) is 0 Å². The molecule has 1 N–H and O–H groups in total. The van der Waals surface area contributed by atoms with E-state index in [4.69, 9.17) is 0 Å². The molecule has 1 aromatic rings. The van der Waals surface area contributed by atoms with Crippen LogP contribution in [0.1, 0.15) is 122 Å². The summed E-state index contributed by atoms with van der Waals surface area (Å²) >= 11 is 2.42. The van der Waals surface area contributed by atoms with Crippen LogP contribution >= 0.6 is 0 Å². The fourth-order valence-corrected chi connectivity index (χ4v) is 10.1. The first-order valence-electron chi connectivity index (χ1n) is 15.5. The van der Waals surface area contributed by atoms with Gasteiger partial charge in [-0.25, -0.2) is 0 Å². The molecule has 4 fully saturated rings. The molecule has 2 nitrogen and oxygen atoms in total. The van der Waals surface area contributed by atoms with Crippen molar-refractivity contribution in [2.45, 2.75) is 118 Å². The van der Waals surface area contributed by atoms with Crippen molar-refractivity contribution in [3.63, 3.8) is 0 Å². The number of benzene rings is 1. The van der Waals surface area contributed by atoms with Gasteiger partial charge in [0.2, 0.25) is 0 Å². The van der Waals surface area contributed by atoms with Crippen molar-refractivity contribution >= 4 is 20.7 Å². The molecule has 0 bridgehead atoms. The van der Waals surface area contributed by atoms with E-state index in [0.29, 0.717) is 10.8 Å². The minimum atomic E-state index is -0.00830. The Balaban J connectivity index is 0.000000301. The average molecular weight is 573 g/mol. The summed E-state index contributed by atoms with van der Waals surface area (Å²) in [5.74, 6) is 6.49. The van der Waals surface area contributed by atoms with Crippen molar-refractivity contribution in [3.05, 3.63) is 35.9 Å². The normalized spacial score (nSPS) is 39.5. The number of aliphatic hydroxyl groups is 1. The predicted molar refractivity (Wildman–Crippen MR) is 156 cm³/mol. The summed E-state index contributed by atoms with van der Waals surface area (Å²) in [5, 5.41) is 10.3. The van der Waals surface area contributed by atoms with Crippen LogP contribution in [0.15, 0.2) is 30.3 Å². The van der Waals surface area contributed by atoms with Gasteiger partial charge in [0.1, 0.15) is 0 Å². The van der Waals surface area contributed by atoms with Crippen LogP contribution in [0.4, 0.5) is 0 Å². The van der Waals surface area contributed by atoms with Crippen molar-refractivity contribution in [1.29, 1.82) is 0 Å². The van der Waals surface area contributed by atoms with Gasteiger partial charge in [-0.15, -0.1) is 0 Å². The summed E-state index contributed by atoms with van der Waals surface area (Å²) < 4.78 is -0.00407. The van der Waals surface area contributed by atoms with E-state index in [1.165, 1.54) is 64.2 Å². The van der Waals surface area contributed by atoms with E-state index in [1.807, 2.05) is 18.2 Å². The molecule has 4 aliphatic carbocycles. The third-order valence-corrected chi connectivity index (χ3v) is 12.3. The molecule has 0 unspecified atom stereocenters. The Kier molecular flexibility index (Phi) is 9.73. The number of rotatable bonds is 6. The molecular formula is C34H53O2Se-. The third-order valence-electron chi connectivity index (χ3n) is 11.8. The zero-order valence-corrected chi connectivity index (χ0v) is 26.0. The fourth-order valence-electron chi connectivity index (χ4n) is 9.83. The van der Waals surface area contributed by atoms with Gasteiger partial charge < -0.3 is 5.11 Å². The molecule has 0 radical (unpaired) electrons. The Bertz CT molecular complexity index is 883. The molecule has 37 heavy (non-hydrogen) atoms. The molecule has 9 atom stereocenters. The maximum absolute atomic E-state index is 10.6. The minimum absolute atomic E-state index is 0.00407. The first-order valence-corrected chi connectivity index (χ1v) is 16.4. The van der Waals surface area contributed by atoms with E-state index in [2.05, 4.69) is 50.6 Å². The Morgan fingerprint density at radius 3 is 2.24 bits per heavy atom. The van der Waals surface area contributed by atoms with E-state index in [-0.39, 0.29) is 10.8 Å². The van der Waals surface area contributed by atoms with Crippen LogP contribution in [0, 0.1) is 52.3 Å². The number of carbonyl (C=O) groups is 1. The van der Waals surface area contributed by atoms with Gasteiger partial charge in [0, 0.05) is 0 Å². The molecule has 4 aliphatic rings. The number of aliphatic hydroxyl groups excluding tert-OH is 1. The van der Waals surface area contributed by atoms with E-state index < -0.39 is 0 Å². The van der Waals surface area contributed by atoms with E-state index in [9.17, 15) is 9.90 Å². The Morgan fingerprint density at radius 1 is 0.919 bits per heavy atom. The number of carbonyl (C=O) groups excluding carboxylic acids is 1. The van der Waals surface area contributed by atoms with Crippen molar-refractivity contribution in [2.75, 3.05) is 0 Å². The first-order chi connectivity index (χ1) is 17.6. The molecule has 1 aromatic carbocycles. The molecule has 5 rings (SSSR count). The summed E-state index contributed by atoms with van der Waals surface area (Å²) in [7, 11) is 0. The van der Waals surface area contributed by atoms with E-state index >= 15 is 0 Å². The summed E-state index contributed by atoms with van der Waals surface area (Å²) in [6.45, 7) is 12.7. The molecule has 0 aromatic heterocycles. The van der Waals surface area contributed by atoms with Gasteiger partial charge >= 0.3 is 61.4 Å². The zero-order chi connectivity index (χ0) is 26.8. The maximum atomic E-state index is 10.6. The second kappa shape index (κ2) is 12.3. The SMILES string of the molecule is CC(C)CCC[C@@H](C)[C@H]1CC[C@H]2[C@@H]3CC[C@H]4C[C@@H](O)CC[C@]4(C)[C@H]3CC[C@]12C.O=C([Se-])c1ccccc1. The molecule has 4 saturated carbocycles. The molecular weight excluding hydrogens is 519 g/mol. The predicted octanol–water partition coefficient (Wildman–Crippen LogP) is 8.46. The van der Waals surface area contributed by atoms with Crippen molar-refractivity contribution in [2.24, 2.45) is 52.3 Å². The second-order valence-corrected chi connectivity index (χ2v) is 15.0. The van der Waals surface area contributed by atoms with E-state index in [1.54, 1.807) is 12.1 Å². The van der Waals surface area contributed by atoms with Crippen molar-refractivity contribution in [3.8, 4) is 0 Å². The van der Waals surface area contributed by atoms with Crippen LogP contribution in [0.2, 0.25) is 0 Å². The number of fused-ring (bicyclic) bond motifs is 5. The van der Waals surface area contributed by atoms with Gasteiger partial charge in [0.15, 0.2) is 0 Å². The Morgan fingerprint density at radius 2 is 1.59 bits per heavy atom. The van der Waals surface area contributed by atoms with Gasteiger partial charge in [0.25, 0.3) is 0 Å². The van der Waals surface area contributed by atoms with Gasteiger partial charge in [-0.05, 0) is 110 Å². The molecule has 208 valence electrons. The van der Waals surface area contributed by atoms with Gasteiger partial charge in [-0.2, -0.15) is 0 Å². The number of hydrogen-bond acceptors (Lipinski definition) is 2. The van der Waals surface area contributed by atoms with Crippen LogP contribution in [-0.4, -0.2) is 31.9 Å². The molecule has 0 heterocycles. The first kappa shape index (κ1) is 29.4. The third kappa shape index (κ3) is 6.25. The molecule has 0 spiro atoms.